The van der Waals surface area contributed by atoms with Gasteiger partial charge in [-0.3, -0.25) is 4.79 Å². The Bertz CT molecular complexity index is 1020. The van der Waals surface area contributed by atoms with E-state index in [0.717, 1.165) is 17.3 Å². The van der Waals surface area contributed by atoms with Crippen LogP contribution < -0.4 is 5.32 Å². The van der Waals surface area contributed by atoms with Crippen LogP contribution in [-0.2, 0) is 10.2 Å². The van der Waals surface area contributed by atoms with Gasteiger partial charge in [0.05, 0.1) is 10.9 Å². The lowest BCUT2D eigenvalue weighted by Crippen LogP contribution is -2.23. The predicted molar refractivity (Wildman–Crippen MR) is 116 cm³/mol. The van der Waals surface area contributed by atoms with Gasteiger partial charge in [0, 0.05) is 10.0 Å². The first kappa shape index (κ1) is 21.5. The van der Waals surface area contributed by atoms with Crippen molar-refractivity contribution in [3.8, 4) is 11.5 Å². The maximum atomic E-state index is 13.9. The fourth-order valence-electron chi connectivity index (χ4n) is 2.52. The maximum absolute atomic E-state index is 13.9. The van der Waals surface area contributed by atoms with Crippen molar-refractivity contribution >= 4 is 39.3 Å². The highest BCUT2D eigenvalue weighted by Crippen LogP contribution is 2.29. The van der Waals surface area contributed by atoms with Crippen molar-refractivity contribution < 1.29 is 13.6 Å². The van der Waals surface area contributed by atoms with Gasteiger partial charge in [-0.2, -0.15) is 0 Å². The maximum Gasteiger partial charge on any atom is 0.277 e. The first-order chi connectivity index (χ1) is 13.6. The summed E-state index contributed by atoms with van der Waals surface area (Å²) >= 11 is 4.31. The van der Waals surface area contributed by atoms with Crippen LogP contribution >= 0.6 is 27.7 Å². The Balaban J connectivity index is 1.65. The molecule has 0 aliphatic rings. The Labute approximate surface area is 181 Å². The number of aromatic nitrogens is 2. The highest BCUT2D eigenvalue weighted by Gasteiger charge is 2.20. The molecule has 1 atom stereocenters. The molecule has 8 heteroatoms. The number of benzene rings is 2. The summed E-state index contributed by atoms with van der Waals surface area (Å²) < 4.78 is 20.2. The molecule has 3 rings (SSSR count). The van der Waals surface area contributed by atoms with Gasteiger partial charge in [-0.25, -0.2) is 4.39 Å². The summed E-state index contributed by atoms with van der Waals surface area (Å²) in [5.41, 5.74) is 2.20. The van der Waals surface area contributed by atoms with Crippen LogP contribution in [0.2, 0.25) is 0 Å². The fourth-order valence-corrected chi connectivity index (χ4v) is 3.53. The van der Waals surface area contributed by atoms with Crippen LogP contribution in [0.4, 0.5) is 10.1 Å². The third-order valence-corrected chi connectivity index (χ3v) is 5.67. The molecule has 0 saturated carbocycles. The molecule has 0 aliphatic heterocycles. The summed E-state index contributed by atoms with van der Waals surface area (Å²) in [6.07, 6.45) is 0. The monoisotopic (exact) mass is 477 g/mol. The summed E-state index contributed by atoms with van der Waals surface area (Å²) in [6, 6.07) is 12.4. The van der Waals surface area contributed by atoms with Crippen molar-refractivity contribution in [3.05, 3.63) is 58.3 Å². The number of rotatable bonds is 5. The molecule has 1 amide bonds. The van der Waals surface area contributed by atoms with E-state index in [1.165, 1.54) is 17.7 Å². The van der Waals surface area contributed by atoms with E-state index in [1.54, 1.807) is 13.0 Å². The molecule has 5 nitrogen and oxygen atoms in total. The molecule has 0 spiro atoms. The Morgan fingerprint density at radius 3 is 2.48 bits per heavy atom. The molecule has 1 heterocycles. The number of hydrogen-bond acceptors (Lipinski definition) is 5. The number of hydrogen-bond donors (Lipinski definition) is 1. The summed E-state index contributed by atoms with van der Waals surface area (Å²) in [5, 5.41) is 10.4. The largest absolute Gasteiger partial charge is 0.411 e. The molecule has 152 valence electrons. The normalized spacial score (nSPS) is 12.6. The number of thioether (sulfide) groups is 1. The van der Waals surface area contributed by atoms with Crippen LogP contribution in [0, 0.1) is 5.82 Å². The van der Waals surface area contributed by atoms with Gasteiger partial charge >= 0.3 is 0 Å². The minimum Gasteiger partial charge on any atom is -0.411 e. The SMILES string of the molecule is CC(Sc1nnc(-c2ccc(C(C)(C)C)cc2)o1)C(=O)Nc1ccc(Br)cc1F. The average Bonchev–Trinajstić information content (AvgIpc) is 3.12. The molecular formula is C21H21BrFN3O2S. The van der Waals surface area contributed by atoms with Crippen LogP contribution in [0.3, 0.4) is 0 Å². The number of carbonyl (C=O) groups is 1. The van der Waals surface area contributed by atoms with E-state index in [2.05, 4.69) is 52.2 Å². The van der Waals surface area contributed by atoms with Crippen molar-refractivity contribution in [1.29, 1.82) is 0 Å². The zero-order valence-corrected chi connectivity index (χ0v) is 18.9. The van der Waals surface area contributed by atoms with Crippen molar-refractivity contribution in [2.45, 2.75) is 43.6 Å². The molecule has 0 bridgehead atoms. The molecule has 0 aliphatic carbocycles. The van der Waals surface area contributed by atoms with Crippen LogP contribution in [0.1, 0.15) is 33.3 Å². The Kier molecular flexibility index (Phi) is 6.43. The zero-order valence-electron chi connectivity index (χ0n) is 16.5. The van der Waals surface area contributed by atoms with E-state index in [9.17, 15) is 9.18 Å². The first-order valence-corrected chi connectivity index (χ1v) is 10.7. The quantitative estimate of drug-likeness (QED) is 0.452. The van der Waals surface area contributed by atoms with E-state index in [1.807, 2.05) is 24.3 Å². The zero-order chi connectivity index (χ0) is 21.2. The van der Waals surface area contributed by atoms with E-state index in [4.69, 9.17) is 4.42 Å². The van der Waals surface area contributed by atoms with Gasteiger partial charge in [-0.05, 0) is 48.2 Å². The first-order valence-electron chi connectivity index (χ1n) is 9.00. The van der Waals surface area contributed by atoms with Crippen LogP contribution in [0.25, 0.3) is 11.5 Å². The molecule has 1 N–H and O–H groups in total. The van der Waals surface area contributed by atoms with Gasteiger partial charge in [0.2, 0.25) is 11.8 Å². The van der Waals surface area contributed by atoms with Gasteiger partial charge < -0.3 is 9.73 Å². The Hall–Kier alpha value is -2.19. The van der Waals surface area contributed by atoms with Crippen LogP contribution in [-0.4, -0.2) is 21.4 Å². The number of amides is 1. The number of nitrogens with zero attached hydrogens (tertiary/aromatic N) is 2. The minimum absolute atomic E-state index is 0.0610. The topological polar surface area (TPSA) is 68.0 Å². The van der Waals surface area contributed by atoms with Crippen molar-refractivity contribution in [1.82, 2.24) is 10.2 Å². The molecule has 0 fully saturated rings. The van der Waals surface area contributed by atoms with Crippen LogP contribution in [0.5, 0.6) is 0 Å². The lowest BCUT2D eigenvalue weighted by atomic mass is 9.87. The Morgan fingerprint density at radius 2 is 1.86 bits per heavy atom. The Morgan fingerprint density at radius 1 is 1.17 bits per heavy atom. The minimum atomic E-state index is -0.547. The van der Waals surface area contributed by atoms with Crippen molar-refractivity contribution in [3.63, 3.8) is 0 Å². The number of halogens is 2. The van der Waals surface area contributed by atoms with Crippen molar-refractivity contribution in [2.24, 2.45) is 0 Å². The van der Waals surface area contributed by atoms with Gasteiger partial charge in [0.15, 0.2) is 0 Å². The summed E-state index contributed by atoms with van der Waals surface area (Å²) in [5.74, 6) is -0.478. The molecule has 0 saturated heterocycles. The predicted octanol–water partition coefficient (Wildman–Crippen LogP) is 6.06. The highest BCUT2D eigenvalue weighted by atomic mass is 79.9. The van der Waals surface area contributed by atoms with Gasteiger partial charge in [-0.1, -0.05) is 60.6 Å². The summed E-state index contributed by atoms with van der Waals surface area (Å²) in [7, 11) is 0. The number of carbonyl (C=O) groups excluding carboxylic acids is 1. The molecule has 1 aromatic heterocycles. The van der Waals surface area contributed by atoms with Gasteiger partial charge in [0.1, 0.15) is 5.82 Å². The average molecular weight is 478 g/mol. The van der Waals surface area contributed by atoms with E-state index in [0.29, 0.717) is 10.4 Å². The second kappa shape index (κ2) is 8.67. The van der Waals surface area contributed by atoms with Gasteiger partial charge in [0.25, 0.3) is 5.22 Å². The second-order valence-electron chi connectivity index (χ2n) is 7.57. The molecule has 3 aromatic rings. The standard InChI is InChI=1S/C21H21BrFN3O2S/c1-12(18(27)24-17-10-9-15(22)11-16(17)23)29-20-26-25-19(28-20)13-5-7-14(8-6-13)21(2,3)4/h5-12H,1-4H3,(H,24,27). The molecule has 2 aromatic carbocycles. The van der Waals surface area contributed by atoms with Crippen LogP contribution in [0.15, 0.2) is 56.6 Å². The lowest BCUT2D eigenvalue weighted by molar-refractivity contribution is -0.115. The third kappa shape index (κ3) is 5.45. The number of nitrogens with one attached hydrogen (secondary N) is 1. The van der Waals surface area contributed by atoms with E-state index in [-0.39, 0.29) is 22.2 Å². The highest BCUT2D eigenvalue weighted by molar-refractivity contribution is 9.10. The molecule has 1 unspecified atom stereocenters. The smallest absolute Gasteiger partial charge is 0.277 e. The van der Waals surface area contributed by atoms with Crippen molar-refractivity contribution in [2.75, 3.05) is 5.32 Å². The lowest BCUT2D eigenvalue weighted by Gasteiger charge is -2.18. The molecule has 0 radical (unpaired) electrons. The van der Waals surface area contributed by atoms with E-state index >= 15 is 0 Å². The van der Waals surface area contributed by atoms with E-state index < -0.39 is 11.1 Å². The molecular weight excluding hydrogens is 457 g/mol. The second-order valence-corrected chi connectivity index (χ2v) is 9.78. The number of anilines is 1. The fraction of sp³-hybridized carbons (Fsp3) is 0.286. The molecule has 29 heavy (non-hydrogen) atoms. The summed E-state index contributed by atoms with van der Waals surface area (Å²) in [6.45, 7) is 8.14. The summed E-state index contributed by atoms with van der Waals surface area (Å²) in [4.78, 5) is 12.4. The third-order valence-electron chi connectivity index (χ3n) is 4.24. The van der Waals surface area contributed by atoms with Gasteiger partial charge in [-0.15, -0.1) is 10.2 Å².